The Balaban J connectivity index is 1.62. The highest BCUT2D eigenvalue weighted by Crippen LogP contribution is 2.39. The fourth-order valence-corrected chi connectivity index (χ4v) is 3.20. The maximum atomic E-state index is 13.1. The van der Waals surface area contributed by atoms with Gasteiger partial charge in [-0.1, -0.05) is 5.21 Å². The molecule has 2 aromatic heterocycles. The monoisotopic (exact) mass is 470 g/mol. The van der Waals surface area contributed by atoms with E-state index in [-0.39, 0.29) is 17.6 Å². The molecule has 1 amide bonds. The van der Waals surface area contributed by atoms with Crippen molar-refractivity contribution in [2.45, 2.75) is 44.1 Å². The second-order valence-corrected chi connectivity index (χ2v) is 7.62. The molecule has 1 aliphatic rings. The van der Waals surface area contributed by atoms with Gasteiger partial charge >= 0.3 is 12.4 Å². The zero-order chi connectivity index (χ0) is 24.0. The highest BCUT2D eigenvalue weighted by molar-refractivity contribution is 5.95. The lowest BCUT2D eigenvalue weighted by Gasteiger charge is -2.17. The van der Waals surface area contributed by atoms with Crippen LogP contribution in [0, 0.1) is 0 Å². The van der Waals surface area contributed by atoms with Gasteiger partial charge in [-0.2, -0.15) is 26.3 Å². The van der Waals surface area contributed by atoms with Crippen LogP contribution in [0.3, 0.4) is 0 Å². The Bertz CT molecular complexity index is 1150. The van der Waals surface area contributed by atoms with Gasteiger partial charge in [0.15, 0.2) is 5.82 Å². The quantitative estimate of drug-likeness (QED) is 0.557. The highest BCUT2D eigenvalue weighted by Gasteiger charge is 2.37. The molecule has 1 saturated carbocycles. The lowest BCUT2D eigenvalue weighted by molar-refractivity contribution is -0.143. The van der Waals surface area contributed by atoms with Crippen LogP contribution in [-0.4, -0.2) is 30.9 Å². The molecule has 1 fully saturated rings. The Hall–Kier alpha value is -3.51. The van der Waals surface area contributed by atoms with E-state index in [1.54, 1.807) is 6.20 Å². The molecule has 0 radical (unpaired) electrons. The number of nitrogens with one attached hydrogen (secondary N) is 1. The van der Waals surface area contributed by atoms with Gasteiger partial charge in [0.05, 0.1) is 29.1 Å². The molecule has 2 heterocycles. The largest absolute Gasteiger partial charge is 0.416 e. The number of halogens is 6. The molecule has 3 aromatic rings. The molecule has 174 valence electrons. The number of nitrogens with zero attached hydrogens (tertiary/aromatic N) is 5. The van der Waals surface area contributed by atoms with Crippen LogP contribution in [0.5, 0.6) is 0 Å². The Labute approximate surface area is 182 Å². The van der Waals surface area contributed by atoms with Crippen molar-refractivity contribution in [3.8, 4) is 5.82 Å². The van der Waals surface area contributed by atoms with Gasteiger partial charge in [-0.3, -0.25) is 9.78 Å². The second-order valence-electron chi connectivity index (χ2n) is 7.62. The van der Waals surface area contributed by atoms with Crippen molar-refractivity contribution in [3.05, 3.63) is 64.9 Å². The summed E-state index contributed by atoms with van der Waals surface area (Å²) in [6.07, 6.45) is -3.74. The first kappa shape index (κ1) is 22.7. The lowest BCUT2D eigenvalue weighted by atomic mass is 10.0. The summed E-state index contributed by atoms with van der Waals surface area (Å²) in [6, 6.07) is -0.218. The molecule has 4 rings (SSSR count). The van der Waals surface area contributed by atoms with Crippen molar-refractivity contribution in [1.82, 2.24) is 30.3 Å². The molecule has 1 aliphatic carbocycles. The van der Waals surface area contributed by atoms with Crippen molar-refractivity contribution < 1.29 is 31.1 Å². The van der Waals surface area contributed by atoms with Crippen molar-refractivity contribution in [2.75, 3.05) is 0 Å². The standard InChI is InChI=1S/C20H16F6N6O/c1-10(16-17(28-5-4-27-16)32-9-15(30-31-32)11-2-3-11)29-18(33)12-6-13(19(21,22)23)8-14(7-12)20(24,25)26/h4-11H,2-3H2,1H3,(H,29,33). The number of hydrogen-bond acceptors (Lipinski definition) is 5. The van der Waals surface area contributed by atoms with Crippen molar-refractivity contribution in [1.29, 1.82) is 0 Å². The van der Waals surface area contributed by atoms with E-state index >= 15 is 0 Å². The van der Waals surface area contributed by atoms with E-state index in [4.69, 9.17) is 0 Å². The average Bonchev–Trinajstić information content (AvgIpc) is 3.48. The van der Waals surface area contributed by atoms with Crippen LogP contribution in [0.1, 0.15) is 64.6 Å². The number of hydrogen-bond donors (Lipinski definition) is 1. The Morgan fingerprint density at radius 1 is 1.03 bits per heavy atom. The van der Waals surface area contributed by atoms with Crippen LogP contribution >= 0.6 is 0 Å². The smallest absolute Gasteiger partial charge is 0.344 e. The van der Waals surface area contributed by atoms with Crippen LogP contribution in [0.15, 0.2) is 36.8 Å². The molecule has 0 spiro atoms. The third-order valence-corrected chi connectivity index (χ3v) is 5.04. The normalized spacial score (nSPS) is 15.4. The fourth-order valence-electron chi connectivity index (χ4n) is 3.20. The minimum absolute atomic E-state index is 0.0385. The Morgan fingerprint density at radius 2 is 1.64 bits per heavy atom. The molecule has 1 aromatic carbocycles. The van der Waals surface area contributed by atoms with Crippen LogP contribution < -0.4 is 5.32 Å². The summed E-state index contributed by atoms with van der Waals surface area (Å²) in [5, 5.41) is 10.5. The number of rotatable bonds is 5. The van der Waals surface area contributed by atoms with E-state index < -0.39 is 41.0 Å². The minimum atomic E-state index is -5.06. The molecule has 0 saturated heterocycles. The van der Waals surface area contributed by atoms with Gasteiger partial charge in [-0.15, -0.1) is 5.10 Å². The van der Waals surface area contributed by atoms with Gasteiger partial charge in [0.2, 0.25) is 0 Å². The van der Waals surface area contributed by atoms with E-state index in [2.05, 4.69) is 25.6 Å². The van der Waals surface area contributed by atoms with Crippen LogP contribution in [0.4, 0.5) is 26.3 Å². The summed E-state index contributed by atoms with van der Waals surface area (Å²) in [7, 11) is 0. The van der Waals surface area contributed by atoms with Crippen LogP contribution in [0.2, 0.25) is 0 Å². The third kappa shape index (κ3) is 4.96. The molecule has 13 heteroatoms. The molecule has 7 nitrogen and oxygen atoms in total. The van der Waals surface area contributed by atoms with E-state index in [1.807, 2.05) is 0 Å². The maximum Gasteiger partial charge on any atom is 0.416 e. The number of benzene rings is 1. The summed E-state index contributed by atoms with van der Waals surface area (Å²) in [5.41, 5.74) is -2.96. The summed E-state index contributed by atoms with van der Waals surface area (Å²) in [6.45, 7) is 1.47. The van der Waals surface area contributed by atoms with Crippen molar-refractivity contribution >= 4 is 5.91 Å². The Morgan fingerprint density at radius 3 is 2.21 bits per heavy atom. The fraction of sp³-hybridized carbons (Fsp3) is 0.350. The van der Waals surface area contributed by atoms with Gasteiger partial charge < -0.3 is 5.32 Å². The predicted octanol–water partition coefficient (Wildman–Crippen LogP) is 4.46. The van der Waals surface area contributed by atoms with Gasteiger partial charge in [-0.25, -0.2) is 9.67 Å². The molecule has 0 bridgehead atoms. The molecular formula is C20H16F6N6O. The average molecular weight is 470 g/mol. The van der Waals surface area contributed by atoms with Crippen molar-refractivity contribution in [3.63, 3.8) is 0 Å². The van der Waals surface area contributed by atoms with E-state index in [0.29, 0.717) is 18.1 Å². The zero-order valence-corrected chi connectivity index (χ0v) is 16.9. The summed E-state index contributed by atoms with van der Waals surface area (Å²) in [4.78, 5) is 21.0. The number of alkyl halides is 6. The molecule has 1 atom stereocenters. The number of carbonyl (C=O) groups excluding carboxylic acids is 1. The third-order valence-electron chi connectivity index (χ3n) is 5.04. The molecule has 1 unspecified atom stereocenters. The number of carbonyl (C=O) groups is 1. The lowest BCUT2D eigenvalue weighted by Crippen LogP contribution is -2.29. The number of amides is 1. The number of aromatic nitrogens is 5. The van der Waals surface area contributed by atoms with E-state index in [0.717, 1.165) is 18.5 Å². The van der Waals surface area contributed by atoms with Gasteiger partial charge in [0, 0.05) is 23.9 Å². The van der Waals surface area contributed by atoms with Crippen LogP contribution in [-0.2, 0) is 12.4 Å². The van der Waals surface area contributed by atoms with Crippen LogP contribution in [0.25, 0.3) is 5.82 Å². The first-order valence-electron chi connectivity index (χ1n) is 9.77. The van der Waals surface area contributed by atoms with E-state index in [1.165, 1.54) is 24.0 Å². The summed E-state index contributed by atoms with van der Waals surface area (Å²) >= 11 is 0. The Kier molecular flexibility index (Phi) is 5.58. The topological polar surface area (TPSA) is 85.6 Å². The van der Waals surface area contributed by atoms with E-state index in [9.17, 15) is 31.1 Å². The second kappa shape index (κ2) is 8.12. The predicted molar refractivity (Wildman–Crippen MR) is 101 cm³/mol. The molecular weight excluding hydrogens is 454 g/mol. The SMILES string of the molecule is CC(NC(=O)c1cc(C(F)(F)F)cc(C(F)(F)F)c1)c1nccnc1-n1cc(C2CC2)nn1. The summed E-state index contributed by atoms with van der Waals surface area (Å²) < 4.78 is 80.0. The van der Waals surface area contributed by atoms with Gasteiger partial charge in [0.1, 0.15) is 5.69 Å². The molecule has 1 N–H and O–H groups in total. The zero-order valence-electron chi connectivity index (χ0n) is 16.9. The van der Waals surface area contributed by atoms with Crippen molar-refractivity contribution in [2.24, 2.45) is 0 Å². The maximum absolute atomic E-state index is 13.1. The minimum Gasteiger partial charge on any atom is -0.344 e. The summed E-state index contributed by atoms with van der Waals surface area (Å²) in [5.74, 6) is -0.586. The molecule has 33 heavy (non-hydrogen) atoms. The first-order valence-corrected chi connectivity index (χ1v) is 9.77. The highest BCUT2D eigenvalue weighted by atomic mass is 19.4. The van der Waals surface area contributed by atoms with Gasteiger partial charge in [-0.05, 0) is 38.0 Å². The van der Waals surface area contributed by atoms with Gasteiger partial charge in [0.25, 0.3) is 5.91 Å². The molecule has 0 aliphatic heterocycles. The first-order chi connectivity index (χ1) is 15.4.